The van der Waals surface area contributed by atoms with Gasteiger partial charge in [0.05, 0.1) is 0 Å². The van der Waals surface area contributed by atoms with Gasteiger partial charge in [-0.3, -0.25) is 0 Å². The highest BCUT2D eigenvalue weighted by molar-refractivity contribution is 6.10. The minimum Gasteiger partial charge on any atom is -0.436 e. The summed E-state index contributed by atoms with van der Waals surface area (Å²) in [4.78, 5) is 7.28. The largest absolute Gasteiger partial charge is 0.436 e. The predicted octanol–water partition coefficient (Wildman–Crippen LogP) is 13.8. The van der Waals surface area contributed by atoms with Crippen LogP contribution in [0.4, 0.5) is 17.1 Å². The average molecular weight is 665 g/mol. The summed E-state index contributed by atoms with van der Waals surface area (Å²) in [5.41, 5.74) is 10.7. The zero-order chi connectivity index (χ0) is 34.4. The summed E-state index contributed by atoms with van der Waals surface area (Å²) in [6, 6.07) is 68.9. The van der Waals surface area contributed by atoms with Gasteiger partial charge in [-0.2, -0.15) is 0 Å². The van der Waals surface area contributed by atoms with E-state index in [4.69, 9.17) is 9.40 Å². The molecule has 52 heavy (non-hydrogen) atoms. The molecule has 10 aromatic rings. The number of benzene rings is 9. The maximum absolute atomic E-state index is 6.20. The number of hydrogen-bond donors (Lipinski definition) is 0. The first-order chi connectivity index (χ1) is 25.7. The molecule has 0 amide bonds. The van der Waals surface area contributed by atoms with Crippen molar-refractivity contribution < 1.29 is 4.42 Å². The molecule has 0 radical (unpaired) electrons. The van der Waals surface area contributed by atoms with Gasteiger partial charge in [0.2, 0.25) is 5.89 Å². The molecule has 244 valence electrons. The molecule has 0 saturated carbocycles. The molecule has 0 saturated heterocycles. The first-order valence-corrected chi connectivity index (χ1v) is 17.6. The molecule has 0 bridgehead atoms. The van der Waals surface area contributed by atoms with Gasteiger partial charge in [-0.15, -0.1) is 0 Å². The Morgan fingerprint density at radius 3 is 1.83 bits per heavy atom. The molecule has 9 aromatic carbocycles. The minimum absolute atomic E-state index is 0.637. The van der Waals surface area contributed by atoms with Gasteiger partial charge in [-0.1, -0.05) is 121 Å². The summed E-state index contributed by atoms with van der Waals surface area (Å²) in [6.45, 7) is 0. The molecule has 0 aliphatic rings. The van der Waals surface area contributed by atoms with Gasteiger partial charge in [0.1, 0.15) is 5.52 Å². The quantitative estimate of drug-likeness (QED) is 0.177. The Labute approximate surface area is 301 Å². The molecular weight excluding hydrogens is 633 g/mol. The molecule has 0 N–H and O–H groups in total. The number of para-hydroxylation sites is 1. The highest BCUT2D eigenvalue weighted by Gasteiger charge is 2.16. The summed E-state index contributed by atoms with van der Waals surface area (Å²) in [7, 11) is 0. The van der Waals surface area contributed by atoms with Gasteiger partial charge in [-0.25, -0.2) is 4.98 Å². The Bertz CT molecular complexity index is 2890. The Morgan fingerprint density at radius 1 is 0.365 bits per heavy atom. The van der Waals surface area contributed by atoms with Crippen LogP contribution < -0.4 is 4.90 Å². The zero-order valence-electron chi connectivity index (χ0n) is 28.3. The fourth-order valence-corrected chi connectivity index (χ4v) is 7.44. The van der Waals surface area contributed by atoms with Crippen LogP contribution in [-0.4, -0.2) is 4.98 Å². The van der Waals surface area contributed by atoms with Crippen molar-refractivity contribution in [2.45, 2.75) is 0 Å². The van der Waals surface area contributed by atoms with Gasteiger partial charge in [-0.05, 0) is 122 Å². The minimum atomic E-state index is 0.637. The molecule has 0 fully saturated rings. The third kappa shape index (κ3) is 5.28. The smallest absolute Gasteiger partial charge is 0.227 e. The lowest BCUT2D eigenvalue weighted by atomic mass is 9.95. The Morgan fingerprint density at radius 2 is 1.00 bits per heavy atom. The summed E-state index contributed by atoms with van der Waals surface area (Å²) in [5.74, 6) is 0.637. The lowest BCUT2D eigenvalue weighted by Gasteiger charge is -2.26. The van der Waals surface area contributed by atoms with Crippen molar-refractivity contribution >= 4 is 60.5 Å². The van der Waals surface area contributed by atoms with Crippen LogP contribution in [0.2, 0.25) is 0 Å². The maximum atomic E-state index is 6.20. The lowest BCUT2D eigenvalue weighted by Crippen LogP contribution is -2.09. The highest BCUT2D eigenvalue weighted by Crippen LogP contribution is 2.40. The lowest BCUT2D eigenvalue weighted by molar-refractivity contribution is 0.620. The molecule has 0 aliphatic carbocycles. The number of oxazole rings is 1. The SMILES string of the molecule is c1ccc(-c2nc3c(ccc4c(-c5ccc6ccc(N(c7ccccc7)c7ccc(-c8ccc9ccccc9c8)cc7)cc6c5)cccc43)o2)cc1. The van der Waals surface area contributed by atoms with Gasteiger partial charge in [0.25, 0.3) is 0 Å². The second kappa shape index (κ2) is 12.4. The molecule has 0 atom stereocenters. The molecule has 0 aliphatic heterocycles. The number of anilines is 3. The average Bonchev–Trinajstić information content (AvgIpc) is 3.67. The summed E-state index contributed by atoms with van der Waals surface area (Å²) in [5, 5.41) is 7.10. The molecule has 10 rings (SSSR count). The van der Waals surface area contributed by atoms with Crippen LogP contribution in [0.15, 0.2) is 199 Å². The fourth-order valence-electron chi connectivity index (χ4n) is 7.44. The van der Waals surface area contributed by atoms with E-state index in [1.807, 2.05) is 36.4 Å². The molecular formula is C49H32N2O. The highest BCUT2D eigenvalue weighted by atomic mass is 16.3. The first kappa shape index (κ1) is 29.9. The molecule has 1 aromatic heterocycles. The summed E-state index contributed by atoms with van der Waals surface area (Å²) in [6.07, 6.45) is 0. The van der Waals surface area contributed by atoms with Crippen molar-refractivity contribution in [2.24, 2.45) is 0 Å². The summed E-state index contributed by atoms with van der Waals surface area (Å²) >= 11 is 0. The van der Waals surface area contributed by atoms with Crippen LogP contribution in [0, 0.1) is 0 Å². The first-order valence-electron chi connectivity index (χ1n) is 17.6. The van der Waals surface area contributed by atoms with E-state index in [0.717, 1.165) is 50.1 Å². The van der Waals surface area contributed by atoms with E-state index in [9.17, 15) is 0 Å². The molecule has 1 heterocycles. The van der Waals surface area contributed by atoms with Gasteiger partial charge in [0, 0.05) is 28.0 Å². The van der Waals surface area contributed by atoms with E-state index in [1.165, 1.54) is 38.2 Å². The van der Waals surface area contributed by atoms with Crippen molar-refractivity contribution in [3.63, 3.8) is 0 Å². The van der Waals surface area contributed by atoms with Crippen molar-refractivity contribution in [2.75, 3.05) is 4.90 Å². The fraction of sp³-hybridized carbons (Fsp3) is 0. The standard InChI is InChI=1S/C49H32N2O/c1-3-11-36(12-4-1)49-50-48-46-17-9-16-44(45(46)28-29-47(48)52-49)39-21-19-35-24-27-43(32-40(35)31-39)51(41-14-5-2-6-15-41)42-25-22-34(23-26-42)38-20-18-33-10-7-8-13-37(33)30-38/h1-32H. The second-order valence-electron chi connectivity index (χ2n) is 13.2. The second-order valence-corrected chi connectivity index (χ2v) is 13.2. The van der Waals surface area contributed by atoms with Crippen molar-refractivity contribution in [3.05, 3.63) is 194 Å². The number of aromatic nitrogens is 1. The van der Waals surface area contributed by atoms with E-state index >= 15 is 0 Å². The number of rotatable bonds is 6. The van der Waals surface area contributed by atoms with E-state index in [1.54, 1.807) is 0 Å². The Kier molecular flexibility index (Phi) is 7.14. The number of nitrogens with zero attached hydrogens (tertiary/aromatic N) is 2. The molecule has 0 unspecified atom stereocenters. The third-order valence-corrected chi connectivity index (χ3v) is 10.1. The Balaban J connectivity index is 1.04. The van der Waals surface area contributed by atoms with E-state index in [-0.39, 0.29) is 0 Å². The number of fused-ring (bicyclic) bond motifs is 5. The number of hydrogen-bond acceptors (Lipinski definition) is 3. The van der Waals surface area contributed by atoms with Gasteiger partial charge in [0.15, 0.2) is 5.58 Å². The topological polar surface area (TPSA) is 29.3 Å². The van der Waals surface area contributed by atoms with Crippen LogP contribution in [0.3, 0.4) is 0 Å². The molecule has 3 nitrogen and oxygen atoms in total. The van der Waals surface area contributed by atoms with Crippen molar-refractivity contribution in [3.8, 4) is 33.7 Å². The van der Waals surface area contributed by atoms with Crippen molar-refractivity contribution in [1.29, 1.82) is 0 Å². The van der Waals surface area contributed by atoms with E-state index < -0.39 is 0 Å². The van der Waals surface area contributed by atoms with Crippen LogP contribution >= 0.6 is 0 Å². The predicted molar refractivity (Wildman–Crippen MR) is 218 cm³/mol. The van der Waals surface area contributed by atoms with E-state index in [2.05, 4.69) is 163 Å². The van der Waals surface area contributed by atoms with Crippen LogP contribution in [0.25, 0.3) is 77.1 Å². The normalized spacial score (nSPS) is 11.5. The van der Waals surface area contributed by atoms with Crippen LogP contribution in [0.5, 0.6) is 0 Å². The van der Waals surface area contributed by atoms with Crippen LogP contribution in [-0.2, 0) is 0 Å². The zero-order valence-corrected chi connectivity index (χ0v) is 28.3. The monoisotopic (exact) mass is 664 g/mol. The summed E-state index contributed by atoms with van der Waals surface area (Å²) < 4.78 is 6.20. The van der Waals surface area contributed by atoms with Gasteiger partial charge >= 0.3 is 0 Å². The third-order valence-electron chi connectivity index (χ3n) is 10.1. The van der Waals surface area contributed by atoms with Crippen LogP contribution in [0.1, 0.15) is 0 Å². The molecule has 3 heteroatoms. The van der Waals surface area contributed by atoms with Gasteiger partial charge < -0.3 is 9.32 Å². The Hall–Kier alpha value is -6.97. The van der Waals surface area contributed by atoms with E-state index in [0.29, 0.717) is 5.89 Å². The molecule has 0 spiro atoms. The maximum Gasteiger partial charge on any atom is 0.227 e. The van der Waals surface area contributed by atoms with Crippen molar-refractivity contribution in [1.82, 2.24) is 4.98 Å².